The second-order valence-corrected chi connectivity index (χ2v) is 11.2. The molecule has 33 heavy (non-hydrogen) atoms. The Labute approximate surface area is 207 Å². The topological polar surface area (TPSA) is 49.3 Å². The standard InChI is InChI=1S/C25H26Cl2N4OS/c26-18-9-8-16(14-19(18)27)25(32)31-12-10-30(11-13-31)23-21-17-4-2-1-3-5-20(17)33-24(21)29-22(28-23)15-6-7-15/h8-9,14-15H,1-7,10-13H2. The monoisotopic (exact) mass is 500 g/mol. The highest BCUT2D eigenvalue weighted by Gasteiger charge is 2.32. The molecule has 5 nitrogen and oxygen atoms in total. The number of fused-ring (bicyclic) bond motifs is 3. The Bertz CT molecular complexity index is 1230. The molecular weight excluding hydrogens is 475 g/mol. The molecule has 1 aromatic carbocycles. The number of hydrogen-bond donors (Lipinski definition) is 0. The van der Waals surface area contributed by atoms with Crippen LogP contribution < -0.4 is 4.90 Å². The smallest absolute Gasteiger partial charge is 0.254 e. The van der Waals surface area contributed by atoms with Gasteiger partial charge in [-0.15, -0.1) is 11.3 Å². The number of aromatic nitrogens is 2. The fourth-order valence-corrected chi connectivity index (χ4v) is 6.58. The Hall–Kier alpha value is -1.89. The summed E-state index contributed by atoms with van der Waals surface area (Å²) in [5, 5.41) is 2.16. The Kier molecular flexibility index (Phi) is 5.71. The van der Waals surface area contributed by atoms with Crippen molar-refractivity contribution in [3.05, 3.63) is 50.1 Å². The Balaban J connectivity index is 1.29. The zero-order valence-corrected chi connectivity index (χ0v) is 20.8. The van der Waals surface area contributed by atoms with Crippen LogP contribution in [0.25, 0.3) is 10.2 Å². The van der Waals surface area contributed by atoms with Gasteiger partial charge in [-0.1, -0.05) is 29.6 Å². The number of carbonyl (C=O) groups excluding carboxylic acids is 1. The van der Waals surface area contributed by atoms with Crippen molar-refractivity contribution in [1.29, 1.82) is 0 Å². The van der Waals surface area contributed by atoms with Crippen LogP contribution in [-0.2, 0) is 12.8 Å². The van der Waals surface area contributed by atoms with E-state index >= 15 is 0 Å². The van der Waals surface area contributed by atoms with Gasteiger partial charge in [-0.2, -0.15) is 0 Å². The number of carbonyl (C=O) groups is 1. The van der Waals surface area contributed by atoms with Crippen molar-refractivity contribution >= 4 is 56.5 Å². The number of aryl methyl sites for hydroxylation is 2. The van der Waals surface area contributed by atoms with Crippen molar-refractivity contribution in [2.75, 3.05) is 31.1 Å². The molecule has 172 valence electrons. The molecule has 3 aliphatic rings. The number of rotatable bonds is 3. The Morgan fingerprint density at radius 1 is 0.970 bits per heavy atom. The predicted octanol–water partition coefficient (Wildman–Crippen LogP) is 6.11. The van der Waals surface area contributed by atoms with E-state index in [9.17, 15) is 4.79 Å². The molecule has 8 heteroatoms. The van der Waals surface area contributed by atoms with Gasteiger partial charge in [-0.25, -0.2) is 9.97 Å². The average molecular weight is 501 g/mol. The first-order valence-electron chi connectivity index (χ1n) is 11.9. The van der Waals surface area contributed by atoms with Crippen LogP contribution in [-0.4, -0.2) is 47.0 Å². The first kappa shape index (κ1) is 21.6. The van der Waals surface area contributed by atoms with Gasteiger partial charge in [-0.05, 0) is 62.3 Å². The minimum absolute atomic E-state index is 0.00382. The molecule has 0 radical (unpaired) electrons. The fraction of sp³-hybridized carbons (Fsp3) is 0.480. The molecule has 2 aromatic heterocycles. The molecule has 1 aliphatic heterocycles. The van der Waals surface area contributed by atoms with E-state index in [0.717, 1.165) is 31.2 Å². The second-order valence-electron chi connectivity index (χ2n) is 9.33. The van der Waals surface area contributed by atoms with Gasteiger partial charge in [0.25, 0.3) is 5.91 Å². The zero-order chi connectivity index (χ0) is 22.5. The highest BCUT2D eigenvalue weighted by atomic mass is 35.5. The molecule has 1 saturated carbocycles. The quantitative estimate of drug-likeness (QED) is 0.407. The van der Waals surface area contributed by atoms with Crippen molar-refractivity contribution in [2.45, 2.75) is 50.9 Å². The van der Waals surface area contributed by atoms with Crippen molar-refractivity contribution < 1.29 is 4.79 Å². The molecule has 1 saturated heterocycles. The number of thiophene rings is 1. The van der Waals surface area contributed by atoms with Crippen LogP contribution in [0.2, 0.25) is 10.0 Å². The third-order valence-corrected chi connectivity index (χ3v) is 8.96. The van der Waals surface area contributed by atoms with Crippen LogP contribution in [0.5, 0.6) is 0 Å². The predicted molar refractivity (Wildman–Crippen MR) is 135 cm³/mol. The molecule has 0 unspecified atom stereocenters. The summed E-state index contributed by atoms with van der Waals surface area (Å²) in [5.41, 5.74) is 2.07. The van der Waals surface area contributed by atoms with Crippen LogP contribution in [0.15, 0.2) is 18.2 Å². The maximum Gasteiger partial charge on any atom is 0.254 e. The second kappa shape index (κ2) is 8.71. The van der Waals surface area contributed by atoms with E-state index in [-0.39, 0.29) is 5.91 Å². The maximum atomic E-state index is 13.0. The minimum atomic E-state index is 0.00382. The lowest BCUT2D eigenvalue weighted by Crippen LogP contribution is -2.49. The third kappa shape index (κ3) is 4.11. The summed E-state index contributed by atoms with van der Waals surface area (Å²) in [7, 11) is 0. The summed E-state index contributed by atoms with van der Waals surface area (Å²) in [6, 6.07) is 5.10. The normalized spacial score (nSPS) is 19.0. The number of hydrogen-bond acceptors (Lipinski definition) is 5. The molecule has 3 aromatic rings. The van der Waals surface area contributed by atoms with Gasteiger partial charge in [0.2, 0.25) is 0 Å². The SMILES string of the molecule is O=C(c1ccc(Cl)c(Cl)c1)N1CCN(c2nc(C3CC3)nc3sc4c(c23)CCCCC4)CC1. The van der Waals surface area contributed by atoms with Crippen LogP contribution in [0.4, 0.5) is 5.82 Å². The molecule has 0 atom stereocenters. The van der Waals surface area contributed by atoms with Gasteiger partial charge in [-0.3, -0.25) is 4.79 Å². The molecule has 0 spiro atoms. The van der Waals surface area contributed by atoms with E-state index in [1.54, 1.807) is 18.2 Å². The Morgan fingerprint density at radius 2 is 1.76 bits per heavy atom. The lowest BCUT2D eigenvalue weighted by atomic mass is 10.1. The number of halogens is 2. The number of amides is 1. The number of anilines is 1. The summed E-state index contributed by atoms with van der Waals surface area (Å²) >= 11 is 14.0. The molecule has 3 heterocycles. The Morgan fingerprint density at radius 3 is 2.52 bits per heavy atom. The molecular formula is C25H26Cl2N4OS. The third-order valence-electron chi connectivity index (χ3n) is 7.04. The van der Waals surface area contributed by atoms with Crippen molar-refractivity contribution in [1.82, 2.24) is 14.9 Å². The van der Waals surface area contributed by atoms with Crippen LogP contribution >= 0.6 is 34.5 Å². The van der Waals surface area contributed by atoms with Crippen LogP contribution in [0, 0.1) is 0 Å². The van der Waals surface area contributed by atoms with Crippen molar-refractivity contribution in [3.8, 4) is 0 Å². The number of benzene rings is 1. The first-order chi connectivity index (χ1) is 16.1. The summed E-state index contributed by atoms with van der Waals surface area (Å²) in [5.74, 6) is 2.64. The summed E-state index contributed by atoms with van der Waals surface area (Å²) in [4.78, 5) is 30.2. The number of piperazine rings is 1. The van der Waals surface area contributed by atoms with E-state index in [2.05, 4.69) is 4.90 Å². The summed E-state index contributed by atoms with van der Waals surface area (Å²) in [6.45, 7) is 2.87. The fourth-order valence-electron chi connectivity index (χ4n) is 5.02. The van der Waals surface area contributed by atoms with Gasteiger partial charge < -0.3 is 9.80 Å². The maximum absolute atomic E-state index is 13.0. The highest BCUT2D eigenvalue weighted by Crippen LogP contribution is 2.44. The van der Waals surface area contributed by atoms with Gasteiger partial charge in [0, 0.05) is 42.5 Å². The van der Waals surface area contributed by atoms with E-state index in [4.69, 9.17) is 33.2 Å². The lowest BCUT2D eigenvalue weighted by molar-refractivity contribution is 0.0746. The van der Waals surface area contributed by atoms with E-state index in [0.29, 0.717) is 34.6 Å². The van der Waals surface area contributed by atoms with E-state index in [1.807, 2.05) is 16.2 Å². The largest absolute Gasteiger partial charge is 0.352 e. The molecule has 2 fully saturated rings. The highest BCUT2D eigenvalue weighted by molar-refractivity contribution is 7.19. The molecule has 2 aliphatic carbocycles. The van der Waals surface area contributed by atoms with Gasteiger partial charge in [0.15, 0.2) is 0 Å². The van der Waals surface area contributed by atoms with Gasteiger partial charge >= 0.3 is 0 Å². The number of nitrogens with zero attached hydrogens (tertiary/aromatic N) is 4. The van der Waals surface area contributed by atoms with Crippen molar-refractivity contribution in [3.63, 3.8) is 0 Å². The zero-order valence-electron chi connectivity index (χ0n) is 18.4. The van der Waals surface area contributed by atoms with E-state index in [1.165, 1.54) is 59.2 Å². The van der Waals surface area contributed by atoms with Gasteiger partial charge in [0.1, 0.15) is 16.5 Å². The lowest BCUT2D eigenvalue weighted by Gasteiger charge is -2.36. The molecule has 0 N–H and O–H groups in total. The summed E-state index contributed by atoms with van der Waals surface area (Å²) in [6.07, 6.45) is 8.51. The van der Waals surface area contributed by atoms with Crippen LogP contribution in [0.3, 0.4) is 0 Å². The van der Waals surface area contributed by atoms with Crippen LogP contribution in [0.1, 0.15) is 64.6 Å². The molecule has 1 amide bonds. The van der Waals surface area contributed by atoms with E-state index < -0.39 is 0 Å². The average Bonchev–Trinajstić information content (AvgIpc) is 3.65. The first-order valence-corrected chi connectivity index (χ1v) is 13.5. The summed E-state index contributed by atoms with van der Waals surface area (Å²) < 4.78 is 0. The van der Waals surface area contributed by atoms with Crippen molar-refractivity contribution in [2.24, 2.45) is 0 Å². The minimum Gasteiger partial charge on any atom is -0.352 e. The molecule has 0 bridgehead atoms. The molecule has 6 rings (SSSR count). The van der Waals surface area contributed by atoms with Gasteiger partial charge in [0.05, 0.1) is 15.4 Å².